The van der Waals surface area contributed by atoms with Crippen molar-refractivity contribution < 1.29 is 23.9 Å². The van der Waals surface area contributed by atoms with Crippen molar-refractivity contribution >= 4 is 34.7 Å². The molecule has 0 unspecified atom stereocenters. The largest absolute Gasteiger partial charge is 0.490 e. The number of fused-ring (bicyclic) bond motifs is 1. The highest BCUT2D eigenvalue weighted by molar-refractivity contribution is 6.31. The molecule has 1 saturated carbocycles. The molecule has 3 aromatic carbocycles. The first kappa shape index (κ1) is 24.6. The van der Waals surface area contributed by atoms with E-state index in [1.807, 2.05) is 25.1 Å². The van der Waals surface area contributed by atoms with Gasteiger partial charge in [0.15, 0.2) is 11.5 Å². The zero-order chi connectivity index (χ0) is 25.8. The average molecular weight is 499 g/mol. The summed E-state index contributed by atoms with van der Waals surface area (Å²) in [4.78, 5) is 39.5. The Bertz CT molecular complexity index is 1370. The second-order valence-electron chi connectivity index (χ2n) is 9.39. The van der Waals surface area contributed by atoms with Crippen LogP contribution < -0.4 is 14.8 Å². The van der Waals surface area contributed by atoms with Crippen LogP contribution in [0.2, 0.25) is 0 Å². The van der Waals surface area contributed by atoms with Crippen molar-refractivity contribution in [3.05, 3.63) is 77.4 Å². The molecule has 2 aliphatic rings. The molecule has 5 rings (SSSR count). The van der Waals surface area contributed by atoms with Crippen molar-refractivity contribution in [2.24, 2.45) is 0 Å². The van der Waals surface area contributed by atoms with Crippen molar-refractivity contribution in [1.29, 1.82) is 0 Å². The summed E-state index contributed by atoms with van der Waals surface area (Å²) in [6.45, 7) is 2.67. The topological polar surface area (TPSA) is 84.9 Å². The molecule has 2 fully saturated rings. The number of benzene rings is 3. The third kappa shape index (κ3) is 5.35. The summed E-state index contributed by atoms with van der Waals surface area (Å²) in [5, 5.41) is 4.65. The van der Waals surface area contributed by atoms with Crippen LogP contribution in [0.3, 0.4) is 0 Å². The van der Waals surface area contributed by atoms with Gasteiger partial charge in [0.2, 0.25) is 0 Å². The number of hydrogen-bond acceptors (Lipinski definition) is 5. The Morgan fingerprint density at radius 2 is 1.68 bits per heavy atom. The van der Waals surface area contributed by atoms with E-state index in [0.717, 1.165) is 43.1 Å². The van der Waals surface area contributed by atoms with Crippen molar-refractivity contribution in [2.75, 3.05) is 6.61 Å². The van der Waals surface area contributed by atoms with Gasteiger partial charge in [-0.15, -0.1) is 0 Å². The van der Waals surface area contributed by atoms with Crippen molar-refractivity contribution in [2.45, 2.75) is 51.7 Å². The molecule has 1 aliphatic carbocycles. The number of amides is 4. The van der Waals surface area contributed by atoms with Crippen LogP contribution in [-0.2, 0) is 16.2 Å². The standard InChI is InChI=1S/C30H30N2O5/c1-2-36-27-18-20(13-15-26(27)37-19-21-12-14-22-8-6-7-9-23(22)16-21)17-25-28(33)31-30(35)32(29(25)34)24-10-4-3-5-11-24/h6-9,12-18,24H,2-5,10-11,19H2,1H3,(H,31,33,35). The van der Waals surface area contributed by atoms with E-state index < -0.39 is 17.8 Å². The van der Waals surface area contributed by atoms with Gasteiger partial charge in [-0.3, -0.25) is 19.8 Å². The molecule has 1 aliphatic heterocycles. The lowest BCUT2D eigenvalue weighted by Crippen LogP contribution is -2.58. The predicted octanol–water partition coefficient (Wildman–Crippen LogP) is 5.61. The molecular formula is C30H30N2O5. The van der Waals surface area contributed by atoms with Gasteiger partial charge in [-0.05, 0) is 65.9 Å². The summed E-state index contributed by atoms with van der Waals surface area (Å²) in [7, 11) is 0. The molecule has 0 aromatic heterocycles. The number of rotatable bonds is 7. The molecule has 190 valence electrons. The fourth-order valence-electron chi connectivity index (χ4n) is 5.00. The maximum absolute atomic E-state index is 13.2. The number of nitrogens with zero attached hydrogens (tertiary/aromatic N) is 1. The number of imide groups is 2. The van der Waals surface area contributed by atoms with E-state index in [0.29, 0.717) is 30.3 Å². The second kappa shape index (κ2) is 10.9. The van der Waals surface area contributed by atoms with Gasteiger partial charge in [-0.2, -0.15) is 0 Å². The molecule has 3 aromatic rings. The highest BCUT2D eigenvalue weighted by atomic mass is 16.5. The number of carbonyl (C=O) groups is 3. The van der Waals surface area contributed by atoms with Gasteiger partial charge in [0.1, 0.15) is 12.2 Å². The summed E-state index contributed by atoms with van der Waals surface area (Å²) in [6.07, 6.45) is 6.06. The van der Waals surface area contributed by atoms with Gasteiger partial charge in [0.05, 0.1) is 6.61 Å². The Morgan fingerprint density at radius 3 is 2.46 bits per heavy atom. The van der Waals surface area contributed by atoms with Crippen LogP contribution in [0.4, 0.5) is 4.79 Å². The lowest BCUT2D eigenvalue weighted by Gasteiger charge is -2.35. The van der Waals surface area contributed by atoms with E-state index in [1.54, 1.807) is 18.2 Å². The Balaban J connectivity index is 1.36. The minimum atomic E-state index is -0.684. The SMILES string of the molecule is CCOc1cc(C=C2C(=O)NC(=O)N(C3CCCCC3)C2=O)ccc1OCc1ccc2ccccc2c1. The Hall–Kier alpha value is -4.13. The number of urea groups is 1. The minimum Gasteiger partial charge on any atom is -0.490 e. The molecule has 7 nitrogen and oxygen atoms in total. The highest BCUT2D eigenvalue weighted by Gasteiger charge is 2.40. The molecule has 0 atom stereocenters. The lowest BCUT2D eigenvalue weighted by atomic mass is 9.93. The van der Waals surface area contributed by atoms with Crippen molar-refractivity contribution in [3.63, 3.8) is 0 Å². The Morgan fingerprint density at radius 1 is 0.892 bits per heavy atom. The van der Waals surface area contributed by atoms with Gasteiger partial charge in [0.25, 0.3) is 11.8 Å². The van der Waals surface area contributed by atoms with Gasteiger partial charge in [-0.1, -0.05) is 61.7 Å². The molecule has 4 amide bonds. The third-order valence-electron chi connectivity index (χ3n) is 6.86. The van der Waals surface area contributed by atoms with Crippen LogP contribution in [0, 0.1) is 0 Å². The molecule has 1 N–H and O–H groups in total. The summed E-state index contributed by atoms with van der Waals surface area (Å²) in [5.74, 6) is -0.149. The number of ether oxygens (including phenoxy) is 2. The van der Waals surface area contributed by atoms with Gasteiger partial charge < -0.3 is 9.47 Å². The van der Waals surface area contributed by atoms with E-state index in [9.17, 15) is 14.4 Å². The van der Waals surface area contributed by atoms with Gasteiger partial charge in [-0.25, -0.2) is 4.79 Å². The van der Waals surface area contributed by atoms with E-state index in [1.165, 1.54) is 16.4 Å². The average Bonchev–Trinajstić information content (AvgIpc) is 2.91. The quantitative estimate of drug-likeness (QED) is 0.338. The zero-order valence-corrected chi connectivity index (χ0v) is 20.9. The summed E-state index contributed by atoms with van der Waals surface area (Å²) < 4.78 is 11.9. The second-order valence-corrected chi connectivity index (χ2v) is 9.39. The molecule has 1 saturated heterocycles. The van der Waals surface area contributed by atoms with Crippen molar-refractivity contribution in [3.8, 4) is 11.5 Å². The van der Waals surface area contributed by atoms with E-state index in [2.05, 4.69) is 29.6 Å². The fraction of sp³-hybridized carbons (Fsp3) is 0.300. The number of nitrogens with one attached hydrogen (secondary N) is 1. The molecule has 1 heterocycles. The van der Waals surface area contributed by atoms with Crippen LogP contribution in [-0.4, -0.2) is 35.4 Å². The number of carbonyl (C=O) groups excluding carboxylic acids is 3. The molecule has 0 bridgehead atoms. The first-order valence-electron chi connectivity index (χ1n) is 12.8. The monoisotopic (exact) mass is 498 g/mol. The van der Waals surface area contributed by atoms with E-state index >= 15 is 0 Å². The van der Waals surface area contributed by atoms with Gasteiger partial charge in [0, 0.05) is 6.04 Å². The normalized spacial score (nSPS) is 17.8. The first-order chi connectivity index (χ1) is 18.0. The van der Waals surface area contributed by atoms with Crippen LogP contribution in [0.15, 0.2) is 66.2 Å². The number of barbiturate groups is 1. The minimum absolute atomic E-state index is 0.0579. The smallest absolute Gasteiger partial charge is 0.331 e. The first-order valence-corrected chi connectivity index (χ1v) is 12.8. The molecule has 0 spiro atoms. The molecular weight excluding hydrogens is 468 g/mol. The predicted molar refractivity (Wildman–Crippen MR) is 141 cm³/mol. The third-order valence-corrected chi connectivity index (χ3v) is 6.86. The molecule has 37 heavy (non-hydrogen) atoms. The highest BCUT2D eigenvalue weighted by Crippen LogP contribution is 2.32. The van der Waals surface area contributed by atoms with Crippen LogP contribution in [0.5, 0.6) is 11.5 Å². The van der Waals surface area contributed by atoms with Gasteiger partial charge >= 0.3 is 6.03 Å². The van der Waals surface area contributed by atoms with Crippen LogP contribution in [0.25, 0.3) is 16.8 Å². The maximum Gasteiger partial charge on any atom is 0.331 e. The van der Waals surface area contributed by atoms with E-state index in [-0.39, 0.29) is 11.6 Å². The fourth-order valence-corrected chi connectivity index (χ4v) is 5.00. The number of hydrogen-bond donors (Lipinski definition) is 1. The lowest BCUT2D eigenvalue weighted by molar-refractivity contribution is -0.132. The molecule has 0 radical (unpaired) electrons. The maximum atomic E-state index is 13.2. The Labute approximate surface area is 216 Å². The summed E-state index contributed by atoms with van der Waals surface area (Å²) in [6, 6.07) is 18.8. The van der Waals surface area contributed by atoms with Crippen LogP contribution >= 0.6 is 0 Å². The van der Waals surface area contributed by atoms with Crippen molar-refractivity contribution in [1.82, 2.24) is 10.2 Å². The zero-order valence-electron chi connectivity index (χ0n) is 20.9. The molecule has 7 heteroatoms. The summed E-state index contributed by atoms with van der Waals surface area (Å²) in [5.41, 5.74) is 1.58. The van der Waals surface area contributed by atoms with E-state index in [4.69, 9.17) is 9.47 Å². The van der Waals surface area contributed by atoms with Crippen LogP contribution in [0.1, 0.15) is 50.2 Å². The Kier molecular flexibility index (Phi) is 7.21. The summed E-state index contributed by atoms with van der Waals surface area (Å²) >= 11 is 0.